The summed E-state index contributed by atoms with van der Waals surface area (Å²) in [5, 5.41) is 5.13. The van der Waals surface area contributed by atoms with Crippen molar-refractivity contribution in [1.82, 2.24) is 14.9 Å². The van der Waals surface area contributed by atoms with Gasteiger partial charge in [0, 0.05) is 60.0 Å². The Labute approximate surface area is 169 Å². The lowest BCUT2D eigenvalue weighted by atomic mass is 10.1. The standard InChI is InChI=1S/C23H25N3O3/c1-28-13-12-26-11-9-18-19(4-3-5-22(18)26)23(27)24-10-8-16-15-25-21-7-6-17(29-2)14-20(16)21/h3-7,9,11,14-15,25H,8,10,12-13H2,1-2H3,(H,24,27). The number of amides is 1. The number of benzene rings is 2. The van der Waals surface area contributed by atoms with E-state index < -0.39 is 0 Å². The zero-order valence-corrected chi connectivity index (χ0v) is 16.7. The molecule has 4 aromatic rings. The number of methoxy groups -OCH3 is 2. The molecule has 0 aliphatic rings. The normalized spacial score (nSPS) is 11.2. The smallest absolute Gasteiger partial charge is 0.251 e. The van der Waals surface area contributed by atoms with Gasteiger partial charge in [-0.1, -0.05) is 6.07 Å². The number of fused-ring (bicyclic) bond motifs is 2. The molecule has 2 N–H and O–H groups in total. The van der Waals surface area contributed by atoms with E-state index >= 15 is 0 Å². The number of aromatic amines is 1. The Morgan fingerprint density at radius 3 is 2.86 bits per heavy atom. The Bertz CT molecular complexity index is 1140. The summed E-state index contributed by atoms with van der Waals surface area (Å²) in [6, 6.07) is 13.8. The molecule has 0 spiro atoms. The maximum absolute atomic E-state index is 12.8. The number of hydrogen-bond donors (Lipinski definition) is 2. The average molecular weight is 391 g/mol. The van der Waals surface area contributed by atoms with Crippen LogP contribution in [0.1, 0.15) is 15.9 Å². The number of carbonyl (C=O) groups excluding carboxylic acids is 1. The molecule has 0 saturated carbocycles. The minimum Gasteiger partial charge on any atom is -0.497 e. The molecule has 0 bridgehead atoms. The van der Waals surface area contributed by atoms with E-state index in [1.165, 1.54) is 0 Å². The van der Waals surface area contributed by atoms with Gasteiger partial charge in [0.2, 0.25) is 0 Å². The fourth-order valence-electron chi connectivity index (χ4n) is 3.70. The van der Waals surface area contributed by atoms with Crippen molar-refractivity contribution in [2.75, 3.05) is 27.4 Å². The van der Waals surface area contributed by atoms with Gasteiger partial charge in [-0.25, -0.2) is 0 Å². The Kier molecular flexibility index (Phi) is 5.53. The van der Waals surface area contributed by atoms with Crippen LogP contribution in [0.25, 0.3) is 21.8 Å². The molecule has 0 atom stereocenters. The summed E-state index contributed by atoms with van der Waals surface area (Å²) in [6.45, 7) is 1.95. The molecule has 2 aromatic carbocycles. The third-order valence-corrected chi connectivity index (χ3v) is 5.25. The first-order valence-electron chi connectivity index (χ1n) is 9.70. The summed E-state index contributed by atoms with van der Waals surface area (Å²) < 4.78 is 12.6. The third kappa shape index (κ3) is 3.84. The van der Waals surface area contributed by atoms with Crippen molar-refractivity contribution >= 4 is 27.7 Å². The first kappa shape index (κ1) is 19.1. The van der Waals surface area contributed by atoms with Gasteiger partial charge in [0.25, 0.3) is 5.91 Å². The zero-order chi connectivity index (χ0) is 20.2. The van der Waals surface area contributed by atoms with Crippen LogP contribution in [0.5, 0.6) is 5.75 Å². The van der Waals surface area contributed by atoms with Gasteiger partial charge in [-0.05, 0) is 48.4 Å². The van der Waals surface area contributed by atoms with E-state index in [1.54, 1.807) is 14.2 Å². The van der Waals surface area contributed by atoms with Gasteiger partial charge >= 0.3 is 0 Å². The lowest BCUT2D eigenvalue weighted by Crippen LogP contribution is -2.25. The monoisotopic (exact) mass is 391 g/mol. The Balaban J connectivity index is 1.46. The molecule has 0 radical (unpaired) electrons. The zero-order valence-electron chi connectivity index (χ0n) is 16.7. The fraction of sp³-hybridized carbons (Fsp3) is 0.261. The van der Waals surface area contributed by atoms with Gasteiger partial charge in [0.15, 0.2) is 0 Å². The number of hydrogen-bond acceptors (Lipinski definition) is 3. The van der Waals surface area contributed by atoms with Gasteiger partial charge < -0.3 is 24.3 Å². The van der Waals surface area contributed by atoms with Crippen LogP contribution in [-0.4, -0.2) is 42.8 Å². The van der Waals surface area contributed by atoms with E-state index in [-0.39, 0.29) is 5.91 Å². The number of aromatic nitrogens is 2. The van der Waals surface area contributed by atoms with Crippen molar-refractivity contribution in [2.24, 2.45) is 0 Å². The van der Waals surface area contributed by atoms with Gasteiger partial charge in [0.1, 0.15) is 5.75 Å². The quantitative estimate of drug-likeness (QED) is 0.481. The first-order valence-corrected chi connectivity index (χ1v) is 9.70. The largest absolute Gasteiger partial charge is 0.497 e. The molecule has 0 unspecified atom stereocenters. The average Bonchev–Trinajstić information content (AvgIpc) is 3.35. The van der Waals surface area contributed by atoms with Crippen LogP contribution in [-0.2, 0) is 17.7 Å². The highest BCUT2D eigenvalue weighted by Crippen LogP contribution is 2.24. The van der Waals surface area contributed by atoms with Crippen molar-refractivity contribution < 1.29 is 14.3 Å². The van der Waals surface area contributed by atoms with Gasteiger partial charge in [-0.15, -0.1) is 0 Å². The van der Waals surface area contributed by atoms with Gasteiger partial charge in [-0.2, -0.15) is 0 Å². The lowest BCUT2D eigenvalue weighted by molar-refractivity contribution is 0.0956. The maximum Gasteiger partial charge on any atom is 0.251 e. The van der Waals surface area contributed by atoms with Crippen LogP contribution in [0.3, 0.4) is 0 Å². The summed E-state index contributed by atoms with van der Waals surface area (Å²) in [5.41, 5.74) is 3.95. The van der Waals surface area contributed by atoms with E-state index in [2.05, 4.69) is 14.9 Å². The van der Waals surface area contributed by atoms with Crippen LogP contribution in [0.15, 0.2) is 54.9 Å². The van der Waals surface area contributed by atoms with E-state index in [4.69, 9.17) is 9.47 Å². The fourth-order valence-corrected chi connectivity index (χ4v) is 3.70. The Hall–Kier alpha value is -3.25. The Morgan fingerprint density at radius 2 is 2.03 bits per heavy atom. The van der Waals surface area contributed by atoms with Crippen molar-refractivity contribution in [3.63, 3.8) is 0 Å². The second-order valence-electron chi connectivity index (χ2n) is 6.97. The van der Waals surface area contributed by atoms with Crippen LogP contribution in [0.2, 0.25) is 0 Å². The molecule has 6 heteroatoms. The molecule has 2 aromatic heterocycles. The highest BCUT2D eigenvalue weighted by Gasteiger charge is 2.12. The minimum atomic E-state index is -0.0579. The second-order valence-corrected chi connectivity index (χ2v) is 6.97. The number of nitrogens with zero attached hydrogens (tertiary/aromatic N) is 1. The molecule has 4 rings (SSSR count). The first-order chi connectivity index (χ1) is 14.2. The van der Waals surface area contributed by atoms with Crippen LogP contribution < -0.4 is 10.1 Å². The van der Waals surface area contributed by atoms with Crippen LogP contribution >= 0.6 is 0 Å². The molecule has 2 heterocycles. The number of H-pyrrole nitrogens is 1. The topological polar surface area (TPSA) is 68.3 Å². The van der Waals surface area contributed by atoms with Crippen molar-refractivity contribution in [2.45, 2.75) is 13.0 Å². The Morgan fingerprint density at radius 1 is 1.14 bits per heavy atom. The number of nitrogens with one attached hydrogen (secondary N) is 2. The van der Waals surface area contributed by atoms with E-state index in [0.717, 1.165) is 46.1 Å². The lowest BCUT2D eigenvalue weighted by Gasteiger charge is -2.08. The molecule has 0 aliphatic carbocycles. The predicted octanol–water partition coefficient (Wildman–Crippen LogP) is 3.75. The van der Waals surface area contributed by atoms with Gasteiger partial charge in [-0.3, -0.25) is 4.79 Å². The molecule has 0 aliphatic heterocycles. The van der Waals surface area contributed by atoms with Gasteiger partial charge in [0.05, 0.1) is 13.7 Å². The van der Waals surface area contributed by atoms with E-state index in [0.29, 0.717) is 18.7 Å². The van der Waals surface area contributed by atoms with Crippen LogP contribution in [0, 0.1) is 0 Å². The minimum absolute atomic E-state index is 0.0579. The number of ether oxygens (including phenoxy) is 2. The van der Waals surface area contributed by atoms with E-state index in [9.17, 15) is 4.79 Å². The molecule has 29 heavy (non-hydrogen) atoms. The number of rotatable bonds is 8. The molecular weight excluding hydrogens is 366 g/mol. The SMILES string of the molecule is COCCn1ccc2c(C(=O)NCCc3c[nH]c4ccc(OC)cc34)cccc21. The third-order valence-electron chi connectivity index (χ3n) is 5.25. The van der Waals surface area contributed by atoms with Crippen molar-refractivity contribution in [1.29, 1.82) is 0 Å². The summed E-state index contributed by atoms with van der Waals surface area (Å²) >= 11 is 0. The van der Waals surface area contributed by atoms with E-state index in [1.807, 2.05) is 54.9 Å². The molecule has 6 nitrogen and oxygen atoms in total. The molecule has 0 fully saturated rings. The summed E-state index contributed by atoms with van der Waals surface area (Å²) in [4.78, 5) is 16.1. The maximum atomic E-state index is 12.8. The number of carbonyl (C=O) groups is 1. The predicted molar refractivity (Wildman–Crippen MR) is 115 cm³/mol. The molecular formula is C23H25N3O3. The van der Waals surface area contributed by atoms with Crippen LogP contribution in [0.4, 0.5) is 0 Å². The summed E-state index contributed by atoms with van der Waals surface area (Å²) in [5.74, 6) is 0.768. The summed E-state index contributed by atoms with van der Waals surface area (Å²) in [6.07, 6.45) is 4.73. The second kappa shape index (κ2) is 8.41. The molecule has 0 saturated heterocycles. The summed E-state index contributed by atoms with van der Waals surface area (Å²) in [7, 11) is 3.35. The van der Waals surface area contributed by atoms with Crippen molar-refractivity contribution in [3.05, 3.63) is 66.0 Å². The highest BCUT2D eigenvalue weighted by molar-refractivity contribution is 6.06. The van der Waals surface area contributed by atoms with Crippen molar-refractivity contribution in [3.8, 4) is 5.75 Å². The highest BCUT2D eigenvalue weighted by atomic mass is 16.5. The molecule has 1 amide bonds. The molecule has 150 valence electrons.